The molecule has 1 aromatic carbocycles. The van der Waals surface area contributed by atoms with E-state index in [0.717, 1.165) is 15.7 Å². The van der Waals surface area contributed by atoms with Crippen LogP contribution in [0.25, 0.3) is 0 Å². The standard InChI is InChI=1S/C15H16F3N3O2S/c1-21-7-6-19-13(21)14(23,15(16,17)18)9-12(22)20-10-4-3-5-11(8-10)24-2/h3-8,23H,9H2,1-2H3,(H,20,22). The zero-order valence-corrected chi connectivity index (χ0v) is 13.8. The highest BCUT2D eigenvalue weighted by Crippen LogP contribution is 2.40. The highest BCUT2D eigenvalue weighted by Gasteiger charge is 2.58. The average Bonchev–Trinajstić information content (AvgIpc) is 2.92. The number of aliphatic hydroxyl groups is 1. The summed E-state index contributed by atoms with van der Waals surface area (Å²) in [4.78, 5) is 16.5. The van der Waals surface area contributed by atoms with Crippen LogP contribution in [-0.2, 0) is 17.4 Å². The lowest BCUT2D eigenvalue weighted by Crippen LogP contribution is -2.46. The molecule has 1 unspecified atom stereocenters. The molecule has 0 saturated carbocycles. The molecule has 9 heteroatoms. The van der Waals surface area contributed by atoms with Crippen molar-refractivity contribution in [2.75, 3.05) is 11.6 Å². The monoisotopic (exact) mass is 359 g/mol. The molecule has 0 spiro atoms. The lowest BCUT2D eigenvalue weighted by Gasteiger charge is -2.29. The molecule has 24 heavy (non-hydrogen) atoms. The second kappa shape index (κ2) is 6.86. The van der Waals surface area contributed by atoms with Crippen LogP contribution in [0.15, 0.2) is 41.6 Å². The van der Waals surface area contributed by atoms with Gasteiger partial charge in [-0.25, -0.2) is 4.98 Å². The van der Waals surface area contributed by atoms with Crippen LogP contribution in [0.1, 0.15) is 12.2 Å². The summed E-state index contributed by atoms with van der Waals surface area (Å²) >= 11 is 1.43. The number of rotatable bonds is 5. The lowest BCUT2D eigenvalue weighted by molar-refractivity contribution is -0.270. The highest BCUT2D eigenvalue weighted by molar-refractivity contribution is 7.98. The minimum atomic E-state index is -5.05. The first-order chi connectivity index (χ1) is 11.2. The molecular formula is C15H16F3N3O2S. The maximum atomic E-state index is 13.4. The molecule has 0 fully saturated rings. The van der Waals surface area contributed by atoms with Crippen LogP contribution in [0.4, 0.5) is 18.9 Å². The molecule has 5 nitrogen and oxygen atoms in total. The van der Waals surface area contributed by atoms with Gasteiger partial charge in [-0.2, -0.15) is 13.2 Å². The molecule has 0 aliphatic rings. The number of hydrogen-bond acceptors (Lipinski definition) is 4. The average molecular weight is 359 g/mol. The molecule has 0 aliphatic heterocycles. The molecule has 2 N–H and O–H groups in total. The van der Waals surface area contributed by atoms with Crippen molar-refractivity contribution in [1.82, 2.24) is 9.55 Å². The predicted octanol–water partition coefficient (Wildman–Crippen LogP) is 2.92. The van der Waals surface area contributed by atoms with Gasteiger partial charge in [-0.05, 0) is 24.5 Å². The number of amides is 1. The van der Waals surface area contributed by atoms with Gasteiger partial charge in [0.2, 0.25) is 11.5 Å². The van der Waals surface area contributed by atoms with Crippen molar-refractivity contribution >= 4 is 23.4 Å². The van der Waals surface area contributed by atoms with E-state index in [9.17, 15) is 23.1 Å². The van der Waals surface area contributed by atoms with E-state index in [1.807, 2.05) is 6.26 Å². The van der Waals surface area contributed by atoms with Gasteiger partial charge in [-0.1, -0.05) is 6.07 Å². The van der Waals surface area contributed by atoms with E-state index >= 15 is 0 Å². The zero-order valence-electron chi connectivity index (χ0n) is 13.0. The lowest BCUT2D eigenvalue weighted by atomic mass is 9.97. The van der Waals surface area contributed by atoms with Gasteiger partial charge in [0.05, 0.1) is 6.42 Å². The number of imidazole rings is 1. The number of benzene rings is 1. The molecule has 130 valence electrons. The molecule has 1 atom stereocenters. The Morgan fingerprint density at radius 1 is 1.42 bits per heavy atom. The van der Waals surface area contributed by atoms with Crippen molar-refractivity contribution in [3.8, 4) is 0 Å². The van der Waals surface area contributed by atoms with E-state index in [4.69, 9.17) is 0 Å². The topological polar surface area (TPSA) is 67.2 Å². The molecule has 1 heterocycles. The van der Waals surface area contributed by atoms with E-state index in [2.05, 4.69) is 10.3 Å². The summed E-state index contributed by atoms with van der Waals surface area (Å²) in [6.07, 6.45) is -2.00. The Kier molecular flexibility index (Phi) is 5.24. The Hall–Kier alpha value is -2.00. The Morgan fingerprint density at radius 2 is 2.12 bits per heavy atom. The first-order valence-corrected chi connectivity index (χ1v) is 8.10. The van der Waals surface area contributed by atoms with Gasteiger partial charge in [0.25, 0.3) is 0 Å². The third-order valence-corrected chi connectivity index (χ3v) is 4.16. The van der Waals surface area contributed by atoms with Crippen LogP contribution in [0.2, 0.25) is 0 Å². The van der Waals surface area contributed by atoms with Crippen LogP contribution in [-0.4, -0.2) is 33.0 Å². The normalized spacial score (nSPS) is 14.2. The van der Waals surface area contributed by atoms with Gasteiger partial charge in [-0.3, -0.25) is 4.79 Å². The quantitative estimate of drug-likeness (QED) is 0.806. The predicted molar refractivity (Wildman–Crippen MR) is 84.6 cm³/mol. The smallest absolute Gasteiger partial charge is 0.374 e. The molecule has 2 rings (SSSR count). The number of nitrogens with one attached hydrogen (secondary N) is 1. The molecule has 1 amide bonds. The minimum Gasteiger partial charge on any atom is -0.374 e. The van der Waals surface area contributed by atoms with E-state index < -0.39 is 29.9 Å². The molecule has 0 saturated heterocycles. The second-order valence-corrected chi connectivity index (χ2v) is 6.06. The largest absolute Gasteiger partial charge is 0.425 e. The van der Waals surface area contributed by atoms with E-state index in [-0.39, 0.29) is 0 Å². The maximum absolute atomic E-state index is 13.4. The number of alkyl halides is 3. The molecular weight excluding hydrogens is 343 g/mol. The number of carbonyl (C=O) groups is 1. The third-order valence-electron chi connectivity index (χ3n) is 3.43. The summed E-state index contributed by atoms with van der Waals surface area (Å²) < 4.78 is 41.2. The molecule has 1 aromatic heterocycles. The van der Waals surface area contributed by atoms with Crippen molar-refractivity contribution in [3.63, 3.8) is 0 Å². The number of hydrogen-bond donors (Lipinski definition) is 2. The van der Waals surface area contributed by atoms with Crippen molar-refractivity contribution in [2.45, 2.75) is 23.1 Å². The zero-order chi connectivity index (χ0) is 18.0. The Balaban J connectivity index is 2.24. The number of aromatic nitrogens is 2. The number of thioether (sulfide) groups is 1. The fraction of sp³-hybridized carbons (Fsp3) is 0.333. The van der Waals surface area contributed by atoms with Crippen LogP contribution < -0.4 is 5.32 Å². The second-order valence-electron chi connectivity index (χ2n) is 5.18. The third kappa shape index (κ3) is 3.73. The summed E-state index contributed by atoms with van der Waals surface area (Å²) in [5.74, 6) is -1.60. The number of anilines is 1. The summed E-state index contributed by atoms with van der Waals surface area (Å²) in [5.41, 5.74) is -3.01. The Bertz CT molecular complexity index is 733. The van der Waals surface area contributed by atoms with Crippen molar-refractivity contribution < 1.29 is 23.1 Å². The molecule has 2 aromatic rings. The van der Waals surface area contributed by atoms with Crippen LogP contribution in [0.5, 0.6) is 0 Å². The van der Waals surface area contributed by atoms with E-state index in [1.54, 1.807) is 24.3 Å². The van der Waals surface area contributed by atoms with Gasteiger partial charge < -0.3 is 15.0 Å². The van der Waals surface area contributed by atoms with Crippen molar-refractivity contribution in [2.24, 2.45) is 7.05 Å². The number of halogens is 3. The fourth-order valence-corrected chi connectivity index (χ4v) is 2.67. The molecule has 0 aliphatic carbocycles. The van der Waals surface area contributed by atoms with Crippen LogP contribution >= 0.6 is 11.8 Å². The Labute approximate surface area is 140 Å². The van der Waals surface area contributed by atoms with Gasteiger partial charge >= 0.3 is 6.18 Å². The van der Waals surface area contributed by atoms with Gasteiger partial charge in [0.1, 0.15) is 0 Å². The van der Waals surface area contributed by atoms with Crippen LogP contribution in [0.3, 0.4) is 0 Å². The summed E-state index contributed by atoms with van der Waals surface area (Å²) in [6.45, 7) is 0. The first-order valence-electron chi connectivity index (χ1n) is 6.88. The number of aryl methyl sites for hydroxylation is 1. The van der Waals surface area contributed by atoms with E-state index in [0.29, 0.717) is 5.69 Å². The van der Waals surface area contributed by atoms with Crippen molar-refractivity contribution in [1.29, 1.82) is 0 Å². The maximum Gasteiger partial charge on any atom is 0.425 e. The highest BCUT2D eigenvalue weighted by atomic mass is 32.2. The SMILES string of the molecule is CSc1cccc(NC(=O)CC(O)(c2nccn2C)C(F)(F)F)c1. The number of carbonyl (C=O) groups excluding carboxylic acids is 1. The van der Waals surface area contributed by atoms with Gasteiger partial charge in [0, 0.05) is 30.0 Å². The van der Waals surface area contributed by atoms with Gasteiger partial charge in [0.15, 0.2) is 5.82 Å². The summed E-state index contributed by atoms with van der Waals surface area (Å²) in [7, 11) is 1.32. The van der Waals surface area contributed by atoms with Crippen molar-refractivity contribution in [3.05, 3.63) is 42.5 Å². The van der Waals surface area contributed by atoms with Gasteiger partial charge in [-0.15, -0.1) is 11.8 Å². The summed E-state index contributed by atoms with van der Waals surface area (Å²) in [5, 5.41) is 12.5. The molecule has 0 radical (unpaired) electrons. The van der Waals surface area contributed by atoms with Crippen LogP contribution in [0, 0.1) is 0 Å². The molecule has 0 bridgehead atoms. The fourth-order valence-electron chi connectivity index (χ4n) is 2.21. The van der Waals surface area contributed by atoms with E-state index in [1.165, 1.54) is 25.0 Å². The minimum absolute atomic E-state index is 0.358. The Morgan fingerprint density at radius 3 is 2.67 bits per heavy atom. The number of nitrogens with zero attached hydrogens (tertiary/aromatic N) is 2. The first kappa shape index (κ1) is 18.3. The summed E-state index contributed by atoms with van der Waals surface area (Å²) in [6, 6.07) is 6.68.